The van der Waals surface area contributed by atoms with Gasteiger partial charge < -0.3 is 10.5 Å². The molecule has 2 atom stereocenters. The van der Waals surface area contributed by atoms with Crippen LogP contribution in [0.1, 0.15) is 12.8 Å². The largest absolute Gasteiger partial charge is 0.381 e. The number of nitrogens with zero attached hydrogens (tertiary/aromatic N) is 3. The molecule has 7 nitrogen and oxygen atoms in total. The monoisotopic (exact) mass is 314 g/mol. The third-order valence-corrected chi connectivity index (χ3v) is 6.47. The second-order valence-corrected chi connectivity index (χ2v) is 7.86. The summed E-state index contributed by atoms with van der Waals surface area (Å²) in [5.74, 6) is 0.0655. The minimum atomic E-state index is -3.64. The molecule has 0 amide bonds. The molecular weight excluding hydrogens is 300 g/mol. The molecular formula is C11H14N4O3S2. The molecule has 2 aliphatic rings. The Balaban J connectivity index is 1.80. The lowest BCUT2D eigenvalue weighted by Gasteiger charge is -2.30. The van der Waals surface area contributed by atoms with E-state index in [1.165, 1.54) is 15.6 Å². The number of hydrogen-bond donors (Lipinski definition) is 1. The highest BCUT2D eigenvalue weighted by Crippen LogP contribution is 2.32. The number of thiazole rings is 1. The quantitative estimate of drug-likeness (QED) is 0.873. The number of morpholine rings is 1. The molecule has 108 valence electrons. The lowest BCUT2D eigenvalue weighted by Crippen LogP contribution is -2.46. The zero-order valence-corrected chi connectivity index (χ0v) is 12.2. The van der Waals surface area contributed by atoms with E-state index in [1.807, 2.05) is 0 Å². The predicted octanol–water partition coefficient (Wildman–Crippen LogP) is 0.530. The Labute approximate surface area is 120 Å². The molecule has 4 heterocycles. The molecule has 0 aromatic carbocycles. The van der Waals surface area contributed by atoms with E-state index in [4.69, 9.17) is 10.5 Å². The zero-order valence-electron chi connectivity index (χ0n) is 10.6. The fourth-order valence-corrected chi connectivity index (χ4v) is 5.39. The van der Waals surface area contributed by atoms with Crippen molar-refractivity contribution in [2.45, 2.75) is 30.1 Å². The topological polar surface area (TPSA) is 89.9 Å². The van der Waals surface area contributed by atoms with Crippen molar-refractivity contribution >= 4 is 32.1 Å². The van der Waals surface area contributed by atoms with Crippen molar-refractivity contribution in [2.75, 3.05) is 18.8 Å². The number of hydrogen-bond acceptors (Lipinski definition) is 6. The maximum absolute atomic E-state index is 12.8. The van der Waals surface area contributed by atoms with Gasteiger partial charge in [-0.2, -0.15) is 4.31 Å². The van der Waals surface area contributed by atoms with Crippen LogP contribution < -0.4 is 5.73 Å². The number of ether oxygens (including phenoxy) is 1. The number of nitrogens with two attached hydrogens (primary N) is 1. The summed E-state index contributed by atoms with van der Waals surface area (Å²) in [6.45, 7) is 0.797. The smallest absolute Gasteiger partial charge is 0.263 e. The van der Waals surface area contributed by atoms with Crippen LogP contribution in [-0.2, 0) is 14.8 Å². The van der Waals surface area contributed by atoms with Crippen molar-refractivity contribution in [1.82, 2.24) is 13.7 Å². The van der Waals surface area contributed by atoms with Crippen LogP contribution in [0.3, 0.4) is 0 Å². The second kappa shape index (κ2) is 4.17. The molecule has 0 spiro atoms. The molecule has 2 fully saturated rings. The van der Waals surface area contributed by atoms with Crippen molar-refractivity contribution in [3.8, 4) is 0 Å². The van der Waals surface area contributed by atoms with Gasteiger partial charge in [0, 0.05) is 24.7 Å². The normalized spacial score (nSPS) is 27.4. The average Bonchev–Trinajstić information content (AvgIpc) is 3.03. The number of imidazole rings is 1. The van der Waals surface area contributed by atoms with E-state index in [9.17, 15) is 8.42 Å². The van der Waals surface area contributed by atoms with Crippen LogP contribution >= 0.6 is 11.3 Å². The maximum Gasteiger partial charge on any atom is 0.263 e. The molecule has 2 aliphatic heterocycles. The summed E-state index contributed by atoms with van der Waals surface area (Å²) < 4.78 is 34.4. The van der Waals surface area contributed by atoms with Crippen molar-refractivity contribution in [2.24, 2.45) is 0 Å². The van der Waals surface area contributed by atoms with E-state index in [0.29, 0.717) is 18.1 Å². The number of sulfonamides is 1. The second-order valence-electron chi connectivity index (χ2n) is 5.14. The van der Waals surface area contributed by atoms with E-state index in [1.54, 1.807) is 16.0 Å². The van der Waals surface area contributed by atoms with Gasteiger partial charge in [-0.1, -0.05) is 0 Å². The van der Waals surface area contributed by atoms with Gasteiger partial charge in [-0.25, -0.2) is 13.4 Å². The Kier molecular flexibility index (Phi) is 2.62. The van der Waals surface area contributed by atoms with Crippen LogP contribution in [0.5, 0.6) is 0 Å². The van der Waals surface area contributed by atoms with Gasteiger partial charge in [0.25, 0.3) is 10.0 Å². The summed E-state index contributed by atoms with van der Waals surface area (Å²) in [6, 6.07) is 0. The summed E-state index contributed by atoms with van der Waals surface area (Å²) in [5, 5.41) is 1.87. The van der Waals surface area contributed by atoms with E-state index >= 15 is 0 Å². The highest BCUT2D eigenvalue weighted by molar-refractivity contribution is 7.89. The van der Waals surface area contributed by atoms with Crippen molar-refractivity contribution < 1.29 is 13.2 Å². The van der Waals surface area contributed by atoms with Crippen LogP contribution in [0.4, 0.5) is 5.82 Å². The highest BCUT2D eigenvalue weighted by atomic mass is 32.2. The Morgan fingerprint density at radius 1 is 1.35 bits per heavy atom. The summed E-state index contributed by atoms with van der Waals surface area (Å²) in [4.78, 5) is 4.70. The highest BCUT2D eigenvalue weighted by Gasteiger charge is 2.41. The number of anilines is 1. The molecule has 2 aromatic heterocycles. The van der Waals surface area contributed by atoms with E-state index in [-0.39, 0.29) is 23.1 Å². The predicted molar refractivity (Wildman–Crippen MR) is 74.1 cm³/mol. The average molecular weight is 314 g/mol. The summed E-state index contributed by atoms with van der Waals surface area (Å²) >= 11 is 1.36. The lowest BCUT2D eigenvalue weighted by atomic mass is 10.2. The van der Waals surface area contributed by atoms with Gasteiger partial charge in [-0.3, -0.25) is 4.40 Å². The van der Waals surface area contributed by atoms with Gasteiger partial charge in [0.05, 0.1) is 12.2 Å². The Morgan fingerprint density at radius 2 is 2.05 bits per heavy atom. The molecule has 2 aromatic rings. The SMILES string of the molecule is Nc1nc2sccn2c1S(=O)(=O)N1CC2CCC(C1)O2. The van der Waals surface area contributed by atoms with Crippen molar-refractivity contribution in [1.29, 1.82) is 0 Å². The summed E-state index contributed by atoms with van der Waals surface area (Å²) in [5.41, 5.74) is 5.81. The van der Waals surface area contributed by atoms with Crippen LogP contribution in [0.15, 0.2) is 16.6 Å². The molecule has 0 radical (unpaired) electrons. The molecule has 2 N–H and O–H groups in total. The number of nitrogen functional groups attached to an aromatic ring is 1. The van der Waals surface area contributed by atoms with Crippen LogP contribution in [0, 0.1) is 0 Å². The van der Waals surface area contributed by atoms with Gasteiger partial charge >= 0.3 is 0 Å². The van der Waals surface area contributed by atoms with Crippen molar-refractivity contribution in [3.63, 3.8) is 0 Å². The number of aromatic nitrogens is 2. The minimum absolute atomic E-state index is 0.00985. The first-order valence-electron chi connectivity index (χ1n) is 6.42. The van der Waals surface area contributed by atoms with Gasteiger partial charge in [-0.05, 0) is 12.8 Å². The first-order chi connectivity index (χ1) is 9.55. The number of rotatable bonds is 2. The molecule has 2 saturated heterocycles. The zero-order chi connectivity index (χ0) is 13.9. The molecule has 20 heavy (non-hydrogen) atoms. The molecule has 4 rings (SSSR count). The van der Waals surface area contributed by atoms with Crippen LogP contribution in [-0.4, -0.2) is 47.4 Å². The molecule has 0 saturated carbocycles. The molecule has 0 aliphatic carbocycles. The van der Waals surface area contributed by atoms with Gasteiger partial charge in [0.2, 0.25) is 0 Å². The third-order valence-electron chi connectivity index (χ3n) is 3.84. The van der Waals surface area contributed by atoms with E-state index in [0.717, 1.165) is 12.8 Å². The third kappa shape index (κ3) is 1.70. The summed E-state index contributed by atoms with van der Waals surface area (Å²) in [6.07, 6.45) is 3.55. The molecule has 2 unspecified atom stereocenters. The first kappa shape index (κ1) is 12.6. The fraction of sp³-hybridized carbons (Fsp3) is 0.545. The molecule has 9 heteroatoms. The Hall–Kier alpha value is -1.16. The maximum atomic E-state index is 12.8. The van der Waals surface area contributed by atoms with Gasteiger partial charge in [0.15, 0.2) is 15.8 Å². The lowest BCUT2D eigenvalue weighted by molar-refractivity contribution is -0.0115. The fourth-order valence-electron chi connectivity index (χ4n) is 2.93. The van der Waals surface area contributed by atoms with E-state index < -0.39 is 10.0 Å². The Bertz CT molecular complexity index is 754. The van der Waals surface area contributed by atoms with Gasteiger partial charge in [-0.15, -0.1) is 11.3 Å². The van der Waals surface area contributed by atoms with Crippen molar-refractivity contribution in [3.05, 3.63) is 11.6 Å². The van der Waals surface area contributed by atoms with E-state index in [2.05, 4.69) is 4.98 Å². The van der Waals surface area contributed by atoms with Crippen LogP contribution in [0.2, 0.25) is 0 Å². The standard InChI is InChI=1S/C11H14N4O3S2/c12-9-10(15-3-4-19-11(15)13-9)20(16,17)14-5-7-1-2-8(6-14)18-7/h3-4,7-8H,1-2,5-6,12H2. The Morgan fingerprint density at radius 3 is 2.75 bits per heavy atom. The van der Waals surface area contributed by atoms with Crippen LogP contribution in [0.25, 0.3) is 4.96 Å². The minimum Gasteiger partial charge on any atom is -0.381 e. The molecule has 2 bridgehead atoms. The van der Waals surface area contributed by atoms with Gasteiger partial charge in [0.1, 0.15) is 0 Å². The first-order valence-corrected chi connectivity index (χ1v) is 8.74. The summed E-state index contributed by atoms with van der Waals surface area (Å²) in [7, 11) is -3.64. The number of fused-ring (bicyclic) bond motifs is 3.